The molecule has 1 aromatic carbocycles. The molecule has 0 amide bonds. The van der Waals surface area contributed by atoms with Gasteiger partial charge in [-0.2, -0.15) is 0 Å². The zero-order valence-corrected chi connectivity index (χ0v) is 10.6. The fourth-order valence-corrected chi connectivity index (χ4v) is 3.29. The molecule has 2 aliphatic heterocycles. The van der Waals surface area contributed by atoms with Crippen molar-refractivity contribution in [1.82, 2.24) is 4.90 Å². The van der Waals surface area contributed by atoms with E-state index in [4.69, 9.17) is 4.74 Å². The third-order valence-electron chi connectivity index (χ3n) is 4.25. The van der Waals surface area contributed by atoms with Crippen LogP contribution >= 0.6 is 0 Å². The lowest BCUT2D eigenvalue weighted by atomic mass is 9.81. The Balaban J connectivity index is 1.67. The Kier molecular flexibility index (Phi) is 2.93. The molecule has 0 bridgehead atoms. The maximum Gasteiger partial charge on any atom is 0.0767 e. The Morgan fingerprint density at radius 2 is 2.18 bits per heavy atom. The average Bonchev–Trinajstić information content (AvgIpc) is 2.66. The van der Waals surface area contributed by atoms with Crippen molar-refractivity contribution in [1.29, 1.82) is 0 Å². The van der Waals surface area contributed by atoms with Gasteiger partial charge in [-0.25, -0.2) is 0 Å². The Morgan fingerprint density at radius 1 is 1.35 bits per heavy atom. The number of fused-ring (bicyclic) bond motifs is 1. The first kappa shape index (κ1) is 11.2. The van der Waals surface area contributed by atoms with Gasteiger partial charge in [0.05, 0.1) is 6.10 Å². The highest BCUT2D eigenvalue weighted by molar-refractivity contribution is 5.15. The van der Waals surface area contributed by atoms with Gasteiger partial charge in [0.25, 0.3) is 0 Å². The molecular formula is C15H21NO. The zero-order chi connectivity index (χ0) is 11.7. The molecule has 2 fully saturated rings. The molecule has 0 saturated carbocycles. The molecule has 2 atom stereocenters. The fraction of sp³-hybridized carbons (Fsp3) is 0.600. The van der Waals surface area contributed by atoms with Crippen molar-refractivity contribution in [3.63, 3.8) is 0 Å². The summed E-state index contributed by atoms with van der Waals surface area (Å²) in [5.41, 5.74) is 1.81. The maximum atomic E-state index is 5.93. The average molecular weight is 231 g/mol. The van der Waals surface area contributed by atoms with E-state index in [1.807, 2.05) is 0 Å². The van der Waals surface area contributed by atoms with E-state index < -0.39 is 0 Å². The van der Waals surface area contributed by atoms with Crippen molar-refractivity contribution in [2.45, 2.75) is 32.4 Å². The van der Waals surface area contributed by atoms with Crippen molar-refractivity contribution in [3.05, 3.63) is 35.9 Å². The molecule has 0 aromatic heterocycles. The second-order valence-corrected chi connectivity index (χ2v) is 5.77. The lowest BCUT2D eigenvalue weighted by Gasteiger charge is -2.34. The molecule has 17 heavy (non-hydrogen) atoms. The van der Waals surface area contributed by atoms with Crippen molar-refractivity contribution in [2.24, 2.45) is 5.41 Å². The van der Waals surface area contributed by atoms with Gasteiger partial charge in [0.15, 0.2) is 0 Å². The van der Waals surface area contributed by atoms with Gasteiger partial charge in [0.1, 0.15) is 0 Å². The molecule has 2 heteroatoms. The second-order valence-electron chi connectivity index (χ2n) is 5.77. The van der Waals surface area contributed by atoms with Gasteiger partial charge in [-0.15, -0.1) is 0 Å². The summed E-state index contributed by atoms with van der Waals surface area (Å²) in [4.78, 5) is 2.55. The highest BCUT2D eigenvalue weighted by Crippen LogP contribution is 2.40. The molecule has 1 aromatic rings. The minimum atomic E-state index is 0.396. The van der Waals surface area contributed by atoms with E-state index in [0.717, 1.165) is 19.7 Å². The molecular weight excluding hydrogens is 210 g/mol. The lowest BCUT2D eigenvalue weighted by Crippen LogP contribution is -2.37. The van der Waals surface area contributed by atoms with Gasteiger partial charge in [-0.3, -0.25) is 4.90 Å². The Morgan fingerprint density at radius 3 is 2.94 bits per heavy atom. The van der Waals surface area contributed by atoms with Crippen molar-refractivity contribution in [3.8, 4) is 0 Å². The summed E-state index contributed by atoms with van der Waals surface area (Å²) >= 11 is 0. The molecule has 2 saturated heterocycles. The molecule has 92 valence electrons. The summed E-state index contributed by atoms with van der Waals surface area (Å²) in [5, 5.41) is 0. The fourth-order valence-electron chi connectivity index (χ4n) is 3.29. The van der Waals surface area contributed by atoms with Crippen LogP contribution in [0, 0.1) is 5.41 Å². The molecule has 2 heterocycles. The van der Waals surface area contributed by atoms with Crippen molar-refractivity contribution < 1.29 is 4.74 Å². The van der Waals surface area contributed by atoms with Crippen LogP contribution in [-0.4, -0.2) is 30.7 Å². The molecule has 2 unspecified atom stereocenters. The Bertz CT molecular complexity index is 378. The van der Waals surface area contributed by atoms with Crippen molar-refractivity contribution >= 4 is 0 Å². The molecule has 0 N–H and O–H groups in total. The third-order valence-corrected chi connectivity index (χ3v) is 4.25. The molecule has 0 aliphatic carbocycles. The number of hydrogen-bond donors (Lipinski definition) is 0. The van der Waals surface area contributed by atoms with Crippen LogP contribution in [0.25, 0.3) is 0 Å². The number of ether oxygens (including phenoxy) is 1. The monoisotopic (exact) mass is 231 g/mol. The first-order chi connectivity index (χ1) is 8.26. The minimum absolute atomic E-state index is 0.396. The van der Waals surface area contributed by atoms with Crippen LogP contribution in [0.15, 0.2) is 30.3 Å². The second kappa shape index (κ2) is 4.43. The van der Waals surface area contributed by atoms with Gasteiger partial charge in [0.2, 0.25) is 0 Å². The van der Waals surface area contributed by atoms with E-state index in [1.165, 1.54) is 24.9 Å². The number of hydrogen-bond acceptors (Lipinski definition) is 2. The van der Waals surface area contributed by atoms with E-state index in [9.17, 15) is 0 Å². The van der Waals surface area contributed by atoms with E-state index >= 15 is 0 Å². The number of likely N-dealkylation sites (tertiary alicyclic amines) is 1. The Labute approximate surface area is 104 Å². The number of rotatable bonds is 2. The van der Waals surface area contributed by atoms with E-state index in [2.05, 4.69) is 42.2 Å². The largest absolute Gasteiger partial charge is 0.376 e. The summed E-state index contributed by atoms with van der Waals surface area (Å²) in [7, 11) is 0. The zero-order valence-electron chi connectivity index (χ0n) is 10.6. The first-order valence-electron chi connectivity index (χ1n) is 6.64. The van der Waals surface area contributed by atoms with Crippen LogP contribution in [0.5, 0.6) is 0 Å². The highest BCUT2D eigenvalue weighted by atomic mass is 16.5. The highest BCUT2D eigenvalue weighted by Gasteiger charge is 2.44. The van der Waals surface area contributed by atoms with E-state index in [-0.39, 0.29) is 0 Å². The quantitative estimate of drug-likeness (QED) is 0.776. The van der Waals surface area contributed by atoms with Crippen LogP contribution in [-0.2, 0) is 11.3 Å². The van der Waals surface area contributed by atoms with Gasteiger partial charge >= 0.3 is 0 Å². The topological polar surface area (TPSA) is 12.5 Å². The molecule has 0 spiro atoms. The SMILES string of the molecule is CC12CCCOC1CN(Cc1ccccc1)C2. The summed E-state index contributed by atoms with van der Waals surface area (Å²) in [5.74, 6) is 0. The van der Waals surface area contributed by atoms with Crippen LogP contribution in [0.4, 0.5) is 0 Å². The predicted octanol–water partition coefficient (Wildman–Crippen LogP) is 2.69. The first-order valence-corrected chi connectivity index (χ1v) is 6.64. The lowest BCUT2D eigenvalue weighted by molar-refractivity contribution is -0.0446. The Hall–Kier alpha value is -0.860. The van der Waals surface area contributed by atoms with Crippen LogP contribution in [0.3, 0.4) is 0 Å². The standard InChI is InChI=1S/C15H21NO/c1-15-8-5-9-17-14(15)11-16(12-15)10-13-6-3-2-4-7-13/h2-4,6-7,14H,5,8-12H2,1H3. The summed E-state index contributed by atoms with van der Waals surface area (Å²) in [6.07, 6.45) is 3.01. The van der Waals surface area contributed by atoms with Gasteiger partial charge in [0, 0.05) is 31.7 Å². The van der Waals surface area contributed by atoms with Crippen LogP contribution < -0.4 is 0 Å². The summed E-state index contributed by atoms with van der Waals surface area (Å²) in [6, 6.07) is 10.8. The summed E-state index contributed by atoms with van der Waals surface area (Å²) in [6.45, 7) is 6.70. The molecule has 2 nitrogen and oxygen atoms in total. The van der Waals surface area contributed by atoms with Gasteiger partial charge < -0.3 is 4.74 Å². The van der Waals surface area contributed by atoms with Crippen LogP contribution in [0.1, 0.15) is 25.3 Å². The summed E-state index contributed by atoms with van der Waals surface area (Å²) < 4.78 is 5.93. The van der Waals surface area contributed by atoms with Crippen molar-refractivity contribution in [2.75, 3.05) is 19.7 Å². The number of nitrogens with zero attached hydrogens (tertiary/aromatic N) is 1. The minimum Gasteiger partial charge on any atom is -0.376 e. The molecule has 0 radical (unpaired) electrons. The van der Waals surface area contributed by atoms with Crippen LogP contribution in [0.2, 0.25) is 0 Å². The number of benzene rings is 1. The smallest absolute Gasteiger partial charge is 0.0767 e. The van der Waals surface area contributed by atoms with E-state index in [0.29, 0.717) is 11.5 Å². The van der Waals surface area contributed by atoms with E-state index in [1.54, 1.807) is 0 Å². The van der Waals surface area contributed by atoms with Gasteiger partial charge in [-0.1, -0.05) is 37.3 Å². The predicted molar refractivity (Wildman–Crippen MR) is 68.8 cm³/mol. The van der Waals surface area contributed by atoms with Gasteiger partial charge in [-0.05, 0) is 18.4 Å². The third kappa shape index (κ3) is 2.24. The maximum absolute atomic E-state index is 5.93. The molecule has 2 aliphatic rings. The molecule has 3 rings (SSSR count). The normalized spacial score (nSPS) is 33.6.